The SMILES string of the molecule is [CH2]C(C#N)[C@@H](C)[C@@H](COC(c1ccccc1)(c1ccc(OC)cc1)c1ccc(OC)cc1)Cn1ccc(NC(C)=O)nc1=O. The van der Waals surface area contributed by atoms with Crippen molar-refractivity contribution in [1.82, 2.24) is 9.55 Å². The second-order valence-corrected chi connectivity index (χ2v) is 10.6. The van der Waals surface area contributed by atoms with Crippen LogP contribution >= 0.6 is 0 Å². The van der Waals surface area contributed by atoms with Crippen LogP contribution in [0.25, 0.3) is 0 Å². The third-order valence-electron chi connectivity index (χ3n) is 7.84. The summed E-state index contributed by atoms with van der Waals surface area (Å²) in [6, 6.07) is 29.2. The third kappa shape index (κ3) is 7.16. The van der Waals surface area contributed by atoms with Crippen LogP contribution in [0.15, 0.2) is 95.9 Å². The number of methoxy groups -OCH3 is 2. The van der Waals surface area contributed by atoms with Crippen molar-refractivity contribution in [2.24, 2.45) is 17.8 Å². The highest BCUT2D eigenvalue weighted by atomic mass is 16.5. The first kappa shape index (κ1) is 32.0. The van der Waals surface area contributed by atoms with E-state index < -0.39 is 17.2 Å². The predicted molar refractivity (Wildman–Crippen MR) is 168 cm³/mol. The van der Waals surface area contributed by atoms with Gasteiger partial charge in [0.05, 0.1) is 26.9 Å². The van der Waals surface area contributed by atoms with Crippen LogP contribution in [0.4, 0.5) is 5.82 Å². The molecule has 1 amide bonds. The van der Waals surface area contributed by atoms with Gasteiger partial charge < -0.3 is 19.5 Å². The minimum absolute atomic E-state index is 0.168. The molecule has 4 rings (SSSR count). The molecule has 1 radical (unpaired) electrons. The molecule has 44 heavy (non-hydrogen) atoms. The Morgan fingerprint density at radius 2 is 1.50 bits per heavy atom. The number of nitrogens with one attached hydrogen (secondary N) is 1. The molecule has 9 nitrogen and oxygen atoms in total. The van der Waals surface area contributed by atoms with Gasteiger partial charge in [-0.15, -0.1) is 0 Å². The van der Waals surface area contributed by atoms with Gasteiger partial charge in [0.25, 0.3) is 0 Å². The van der Waals surface area contributed by atoms with Gasteiger partial charge in [0, 0.05) is 31.5 Å². The van der Waals surface area contributed by atoms with Gasteiger partial charge in [-0.3, -0.25) is 9.36 Å². The van der Waals surface area contributed by atoms with Crippen LogP contribution in [-0.4, -0.2) is 36.3 Å². The fourth-order valence-corrected chi connectivity index (χ4v) is 5.19. The monoisotopic (exact) mass is 593 g/mol. The van der Waals surface area contributed by atoms with E-state index >= 15 is 0 Å². The number of nitrogens with zero attached hydrogens (tertiary/aromatic N) is 3. The van der Waals surface area contributed by atoms with Crippen molar-refractivity contribution in [3.63, 3.8) is 0 Å². The van der Waals surface area contributed by atoms with Crippen molar-refractivity contribution in [2.75, 3.05) is 26.1 Å². The summed E-state index contributed by atoms with van der Waals surface area (Å²) in [5.74, 6) is 0.149. The Morgan fingerprint density at radius 3 is 1.98 bits per heavy atom. The minimum Gasteiger partial charge on any atom is -0.497 e. The molecule has 0 aliphatic carbocycles. The van der Waals surface area contributed by atoms with E-state index in [1.54, 1.807) is 26.5 Å². The first-order valence-corrected chi connectivity index (χ1v) is 14.3. The van der Waals surface area contributed by atoms with E-state index in [9.17, 15) is 14.9 Å². The van der Waals surface area contributed by atoms with E-state index in [1.165, 1.54) is 11.5 Å². The van der Waals surface area contributed by atoms with Gasteiger partial charge in [0.15, 0.2) is 0 Å². The summed E-state index contributed by atoms with van der Waals surface area (Å²) >= 11 is 0. The summed E-state index contributed by atoms with van der Waals surface area (Å²) in [5.41, 5.74) is 1.04. The number of anilines is 1. The number of hydrogen-bond acceptors (Lipinski definition) is 7. The fourth-order valence-electron chi connectivity index (χ4n) is 5.19. The summed E-state index contributed by atoms with van der Waals surface area (Å²) in [6.45, 7) is 7.72. The summed E-state index contributed by atoms with van der Waals surface area (Å²) in [5, 5.41) is 12.3. The highest BCUT2D eigenvalue weighted by Crippen LogP contribution is 2.42. The van der Waals surface area contributed by atoms with Gasteiger partial charge in [-0.1, -0.05) is 61.5 Å². The number of benzene rings is 3. The number of aromatic nitrogens is 2. The van der Waals surface area contributed by atoms with E-state index in [4.69, 9.17) is 14.2 Å². The van der Waals surface area contributed by atoms with E-state index in [1.807, 2.05) is 85.8 Å². The first-order valence-electron chi connectivity index (χ1n) is 14.3. The Bertz CT molecular complexity index is 1580. The number of ether oxygens (including phenoxy) is 3. The molecule has 1 N–H and O–H groups in total. The van der Waals surface area contributed by atoms with Gasteiger partial charge in [-0.05, 0) is 59.9 Å². The maximum Gasteiger partial charge on any atom is 0.349 e. The Labute approximate surface area is 258 Å². The zero-order valence-corrected chi connectivity index (χ0v) is 25.4. The Morgan fingerprint density at radius 1 is 0.955 bits per heavy atom. The molecule has 0 spiro atoms. The topological polar surface area (TPSA) is 115 Å². The molecular weight excluding hydrogens is 556 g/mol. The number of rotatable bonds is 13. The van der Waals surface area contributed by atoms with Gasteiger partial charge >= 0.3 is 5.69 Å². The molecule has 1 heterocycles. The lowest BCUT2D eigenvalue weighted by Crippen LogP contribution is -2.38. The molecule has 1 aromatic heterocycles. The molecule has 9 heteroatoms. The Kier molecular flexibility index (Phi) is 10.5. The van der Waals surface area contributed by atoms with E-state index in [0.29, 0.717) is 11.5 Å². The molecule has 3 aromatic carbocycles. The van der Waals surface area contributed by atoms with Gasteiger partial charge in [-0.25, -0.2) is 4.79 Å². The predicted octanol–water partition coefficient (Wildman–Crippen LogP) is 5.45. The largest absolute Gasteiger partial charge is 0.497 e. The lowest BCUT2D eigenvalue weighted by molar-refractivity contribution is -0.114. The number of carbonyl (C=O) groups is 1. The molecule has 4 aromatic rings. The Balaban J connectivity index is 1.82. The van der Waals surface area contributed by atoms with Gasteiger partial charge in [-0.2, -0.15) is 10.2 Å². The van der Waals surface area contributed by atoms with E-state index in [-0.39, 0.29) is 36.7 Å². The molecule has 0 saturated carbocycles. The summed E-state index contributed by atoms with van der Waals surface area (Å²) in [4.78, 5) is 28.4. The van der Waals surface area contributed by atoms with Crippen LogP contribution in [0.3, 0.4) is 0 Å². The highest BCUT2D eigenvalue weighted by molar-refractivity contribution is 5.87. The second kappa shape index (κ2) is 14.5. The van der Waals surface area contributed by atoms with Crippen LogP contribution in [0, 0.1) is 36.0 Å². The zero-order chi connectivity index (χ0) is 31.7. The average molecular weight is 594 g/mol. The van der Waals surface area contributed by atoms with Crippen molar-refractivity contribution in [3.8, 4) is 17.6 Å². The lowest BCUT2D eigenvalue weighted by atomic mass is 9.79. The quantitative estimate of drug-likeness (QED) is 0.205. The second-order valence-electron chi connectivity index (χ2n) is 10.6. The maximum absolute atomic E-state index is 13.0. The van der Waals surface area contributed by atoms with Crippen LogP contribution in [0.1, 0.15) is 30.5 Å². The van der Waals surface area contributed by atoms with Crippen molar-refractivity contribution in [2.45, 2.75) is 26.0 Å². The van der Waals surface area contributed by atoms with Crippen molar-refractivity contribution >= 4 is 11.7 Å². The molecule has 1 unspecified atom stereocenters. The van der Waals surface area contributed by atoms with Gasteiger partial charge in [0.2, 0.25) is 5.91 Å². The molecule has 0 aliphatic rings. The number of nitriles is 1. The summed E-state index contributed by atoms with van der Waals surface area (Å²) < 4.78 is 19.4. The summed E-state index contributed by atoms with van der Waals surface area (Å²) in [6.07, 6.45) is 1.59. The molecule has 0 aliphatic heterocycles. The number of hydrogen-bond donors (Lipinski definition) is 1. The number of amides is 1. The molecule has 0 bridgehead atoms. The molecule has 3 atom stereocenters. The molecule has 0 saturated heterocycles. The van der Waals surface area contributed by atoms with E-state index in [2.05, 4.69) is 23.3 Å². The molecule has 0 fully saturated rings. The average Bonchev–Trinajstić information content (AvgIpc) is 3.05. The van der Waals surface area contributed by atoms with Crippen LogP contribution in [0.5, 0.6) is 11.5 Å². The zero-order valence-electron chi connectivity index (χ0n) is 25.4. The van der Waals surface area contributed by atoms with E-state index in [0.717, 1.165) is 16.7 Å². The first-order chi connectivity index (χ1) is 21.2. The van der Waals surface area contributed by atoms with Gasteiger partial charge in [0.1, 0.15) is 22.9 Å². The van der Waals surface area contributed by atoms with Crippen molar-refractivity contribution < 1.29 is 19.0 Å². The van der Waals surface area contributed by atoms with Crippen molar-refractivity contribution in [3.05, 3.63) is 125 Å². The van der Waals surface area contributed by atoms with Crippen molar-refractivity contribution in [1.29, 1.82) is 5.26 Å². The lowest BCUT2D eigenvalue weighted by Gasteiger charge is -2.38. The highest BCUT2D eigenvalue weighted by Gasteiger charge is 2.39. The van der Waals surface area contributed by atoms with Crippen LogP contribution < -0.4 is 20.5 Å². The van der Waals surface area contributed by atoms with Crippen LogP contribution in [0.2, 0.25) is 0 Å². The Hall–Kier alpha value is -4.94. The molecular formula is C35H37N4O5. The van der Waals surface area contributed by atoms with Crippen LogP contribution in [-0.2, 0) is 21.7 Å². The number of carbonyl (C=O) groups excluding carboxylic acids is 1. The minimum atomic E-state index is -1.07. The standard InChI is InChI=1S/C35H37N4O5/c1-24(21-36)25(2)27(22-39-20-19-33(37-26(3)40)38-34(39)41)23-44-35(28-9-7-6-8-10-28,29-11-15-31(42-4)16-12-29)30-13-17-32(43-5)18-14-30/h6-20,24-25,27H,1,22-23H2,2-5H3,(H,37,38,40,41)/t24?,25-,27-/m1/s1. The maximum atomic E-state index is 13.0. The third-order valence-corrected chi connectivity index (χ3v) is 7.84. The molecule has 227 valence electrons. The smallest absolute Gasteiger partial charge is 0.349 e. The fraction of sp³-hybridized carbons (Fsp3) is 0.286. The normalized spacial score (nSPS) is 13.3. The summed E-state index contributed by atoms with van der Waals surface area (Å²) in [7, 11) is 3.24.